The maximum atomic E-state index is 12.1. The molecule has 0 radical (unpaired) electrons. The lowest BCUT2D eigenvalue weighted by atomic mass is 10.0. The van der Waals surface area contributed by atoms with Gasteiger partial charge in [-0.2, -0.15) is 0 Å². The fourth-order valence-electron chi connectivity index (χ4n) is 1.96. The van der Waals surface area contributed by atoms with Crippen LogP contribution < -0.4 is 4.72 Å². The lowest BCUT2D eigenvalue weighted by Crippen LogP contribution is -2.28. The van der Waals surface area contributed by atoms with E-state index in [1.54, 1.807) is 24.5 Å². The number of sulfonamides is 1. The standard InChI is InChI=1S/C15H18N2O2S/c1-13(15-5-3-2-4-6-15)12-20(18,19)17-11-14-7-9-16-10-8-14/h2-10,13,17H,11-12H2,1H3. The van der Waals surface area contributed by atoms with Gasteiger partial charge in [-0.05, 0) is 29.2 Å². The Morgan fingerprint density at radius 3 is 2.40 bits per heavy atom. The maximum Gasteiger partial charge on any atom is 0.212 e. The SMILES string of the molecule is CC(CS(=O)(=O)NCc1ccncc1)c1ccccc1. The fraction of sp³-hybridized carbons (Fsp3) is 0.267. The van der Waals surface area contributed by atoms with Gasteiger partial charge in [-0.25, -0.2) is 13.1 Å². The number of rotatable bonds is 6. The van der Waals surface area contributed by atoms with E-state index in [0.29, 0.717) is 6.54 Å². The van der Waals surface area contributed by atoms with Gasteiger partial charge in [0.2, 0.25) is 10.0 Å². The number of hydrogen-bond donors (Lipinski definition) is 1. The molecule has 0 bridgehead atoms. The minimum absolute atomic E-state index is 0.0360. The minimum atomic E-state index is -3.30. The van der Waals surface area contributed by atoms with Crippen molar-refractivity contribution in [2.75, 3.05) is 5.75 Å². The van der Waals surface area contributed by atoms with Gasteiger partial charge in [0.1, 0.15) is 0 Å². The van der Waals surface area contributed by atoms with E-state index in [9.17, 15) is 8.42 Å². The van der Waals surface area contributed by atoms with Gasteiger partial charge in [0.05, 0.1) is 5.75 Å². The molecular formula is C15H18N2O2S. The van der Waals surface area contributed by atoms with Crippen molar-refractivity contribution >= 4 is 10.0 Å². The number of benzene rings is 1. The first kappa shape index (κ1) is 14.7. The highest BCUT2D eigenvalue weighted by Gasteiger charge is 2.16. The van der Waals surface area contributed by atoms with Crippen molar-refractivity contribution in [3.8, 4) is 0 Å². The average Bonchev–Trinajstić information content (AvgIpc) is 2.47. The summed E-state index contributed by atoms with van der Waals surface area (Å²) in [7, 11) is -3.30. The van der Waals surface area contributed by atoms with Crippen LogP contribution in [0.1, 0.15) is 24.0 Å². The number of hydrogen-bond acceptors (Lipinski definition) is 3. The molecule has 1 aromatic heterocycles. The number of nitrogens with zero attached hydrogens (tertiary/aromatic N) is 1. The maximum absolute atomic E-state index is 12.1. The van der Waals surface area contributed by atoms with E-state index in [1.807, 2.05) is 37.3 Å². The molecule has 2 aromatic rings. The summed E-state index contributed by atoms with van der Waals surface area (Å²) in [5, 5.41) is 0. The predicted molar refractivity (Wildman–Crippen MR) is 79.7 cm³/mol. The molecule has 1 atom stereocenters. The Hall–Kier alpha value is -1.72. The molecule has 0 amide bonds. The number of pyridine rings is 1. The highest BCUT2D eigenvalue weighted by atomic mass is 32.2. The summed E-state index contributed by atoms with van der Waals surface area (Å²) in [5.74, 6) is 0.0494. The molecule has 0 aliphatic heterocycles. The molecule has 20 heavy (non-hydrogen) atoms. The smallest absolute Gasteiger partial charge is 0.212 e. The summed E-state index contributed by atoms with van der Waals surface area (Å²) in [6.45, 7) is 2.22. The van der Waals surface area contributed by atoms with Gasteiger partial charge in [0.25, 0.3) is 0 Å². The van der Waals surface area contributed by atoms with Crippen molar-refractivity contribution in [3.63, 3.8) is 0 Å². The Balaban J connectivity index is 1.94. The molecule has 1 unspecified atom stereocenters. The van der Waals surface area contributed by atoms with E-state index in [0.717, 1.165) is 11.1 Å². The summed E-state index contributed by atoms with van der Waals surface area (Å²) in [5.41, 5.74) is 1.93. The van der Waals surface area contributed by atoms with Crippen molar-refractivity contribution in [1.82, 2.24) is 9.71 Å². The monoisotopic (exact) mass is 290 g/mol. The van der Waals surface area contributed by atoms with Gasteiger partial charge in [-0.3, -0.25) is 4.98 Å². The Morgan fingerprint density at radius 2 is 1.75 bits per heavy atom. The van der Waals surface area contributed by atoms with Gasteiger partial charge >= 0.3 is 0 Å². The van der Waals surface area contributed by atoms with Gasteiger partial charge in [-0.1, -0.05) is 37.3 Å². The summed E-state index contributed by atoms with van der Waals surface area (Å²) in [6.07, 6.45) is 3.30. The summed E-state index contributed by atoms with van der Waals surface area (Å²) in [4.78, 5) is 3.90. The van der Waals surface area contributed by atoms with Crippen LogP contribution in [0.15, 0.2) is 54.9 Å². The van der Waals surface area contributed by atoms with Crippen LogP contribution in [0.2, 0.25) is 0 Å². The Morgan fingerprint density at radius 1 is 1.10 bits per heavy atom. The topological polar surface area (TPSA) is 59.1 Å². The molecule has 4 nitrogen and oxygen atoms in total. The van der Waals surface area contributed by atoms with Crippen LogP contribution in [0.3, 0.4) is 0 Å². The van der Waals surface area contributed by atoms with Crippen LogP contribution in [-0.4, -0.2) is 19.2 Å². The molecule has 0 fully saturated rings. The zero-order chi connectivity index (χ0) is 14.4. The molecule has 2 rings (SSSR count). The van der Waals surface area contributed by atoms with Crippen molar-refractivity contribution < 1.29 is 8.42 Å². The second kappa shape index (κ2) is 6.63. The first-order valence-electron chi connectivity index (χ1n) is 6.48. The van der Waals surface area contributed by atoms with Crippen LogP contribution in [0.4, 0.5) is 0 Å². The molecule has 0 saturated carbocycles. The lowest BCUT2D eigenvalue weighted by Gasteiger charge is -2.13. The van der Waals surface area contributed by atoms with Crippen molar-refractivity contribution in [2.24, 2.45) is 0 Å². The van der Waals surface area contributed by atoms with Crippen LogP contribution in [0.5, 0.6) is 0 Å². The van der Waals surface area contributed by atoms with Crippen LogP contribution in [0, 0.1) is 0 Å². The van der Waals surface area contributed by atoms with E-state index in [1.165, 1.54) is 0 Å². The summed E-state index contributed by atoms with van der Waals surface area (Å²) >= 11 is 0. The molecule has 1 heterocycles. The first-order valence-corrected chi connectivity index (χ1v) is 8.13. The van der Waals surface area contributed by atoms with Crippen LogP contribution >= 0.6 is 0 Å². The Kier molecular flexibility index (Phi) is 4.87. The normalized spacial score (nSPS) is 13.1. The highest BCUT2D eigenvalue weighted by Crippen LogP contribution is 2.16. The van der Waals surface area contributed by atoms with Crippen LogP contribution in [0.25, 0.3) is 0 Å². The highest BCUT2D eigenvalue weighted by molar-refractivity contribution is 7.89. The van der Waals surface area contributed by atoms with E-state index < -0.39 is 10.0 Å². The number of aromatic nitrogens is 1. The van der Waals surface area contributed by atoms with Gasteiger partial charge in [-0.15, -0.1) is 0 Å². The van der Waals surface area contributed by atoms with E-state index in [4.69, 9.17) is 0 Å². The molecule has 0 aliphatic carbocycles. The van der Waals surface area contributed by atoms with E-state index >= 15 is 0 Å². The molecule has 0 aliphatic rings. The van der Waals surface area contributed by atoms with Gasteiger partial charge in [0.15, 0.2) is 0 Å². The lowest BCUT2D eigenvalue weighted by molar-refractivity contribution is 0.575. The van der Waals surface area contributed by atoms with Gasteiger partial charge < -0.3 is 0 Å². The van der Waals surface area contributed by atoms with E-state index in [2.05, 4.69) is 9.71 Å². The third-order valence-electron chi connectivity index (χ3n) is 3.08. The molecule has 1 aromatic carbocycles. The molecule has 5 heteroatoms. The zero-order valence-corrected chi connectivity index (χ0v) is 12.2. The second-order valence-electron chi connectivity index (χ2n) is 4.77. The Bertz CT molecular complexity index is 627. The van der Waals surface area contributed by atoms with Crippen molar-refractivity contribution in [3.05, 3.63) is 66.0 Å². The number of nitrogens with one attached hydrogen (secondary N) is 1. The fourth-order valence-corrected chi connectivity index (χ4v) is 3.31. The molecule has 0 spiro atoms. The zero-order valence-electron chi connectivity index (χ0n) is 11.4. The minimum Gasteiger partial charge on any atom is -0.265 e. The quantitative estimate of drug-likeness (QED) is 0.888. The van der Waals surface area contributed by atoms with Crippen molar-refractivity contribution in [2.45, 2.75) is 19.4 Å². The summed E-state index contributed by atoms with van der Waals surface area (Å²) in [6, 6.07) is 13.2. The van der Waals surface area contributed by atoms with Crippen LogP contribution in [-0.2, 0) is 16.6 Å². The van der Waals surface area contributed by atoms with Gasteiger partial charge in [0, 0.05) is 18.9 Å². The molecule has 0 saturated heterocycles. The van der Waals surface area contributed by atoms with Crippen molar-refractivity contribution in [1.29, 1.82) is 0 Å². The van der Waals surface area contributed by atoms with E-state index in [-0.39, 0.29) is 11.7 Å². The Labute approximate surface area is 119 Å². The first-order chi connectivity index (χ1) is 9.57. The predicted octanol–water partition coefficient (Wildman–Crippen LogP) is 2.30. The third kappa shape index (κ3) is 4.43. The largest absolute Gasteiger partial charge is 0.265 e. The molecule has 106 valence electrons. The average molecular weight is 290 g/mol. The summed E-state index contributed by atoms with van der Waals surface area (Å²) < 4.78 is 26.7. The third-order valence-corrected chi connectivity index (χ3v) is 4.61. The molecule has 1 N–H and O–H groups in total. The molecular weight excluding hydrogens is 272 g/mol. The second-order valence-corrected chi connectivity index (χ2v) is 6.62.